The molecule has 0 aliphatic rings. The Kier molecular flexibility index (Phi) is 3.24. The van der Waals surface area contributed by atoms with Gasteiger partial charge in [0.1, 0.15) is 11.6 Å². The zero-order chi connectivity index (χ0) is 14.3. The highest BCUT2D eigenvalue weighted by atomic mass is 35.5. The lowest BCUT2D eigenvalue weighted by Gasteiger charge is -2.10. The molecule has 4 heteroatoms. The lowest BCUT2D eigenvalue weighted by molar-refractivity contribution is 0.614. The molecule has 1 heterocycles. The highest BCUT2D eigenvalue weighted by Gasteiger charge is 2.15. The van der Waals surface area contributed by atoms with E-state index in [9.17, 15) is 4.39 Å². The minimum atomic E-state index is -0.323. The maximum absolute atomic E-state index is 13.5. The highest BCUT2D eigenvalue weighted by Crippen LogP contribution is 2.35. The molecule has 2 N–H and O–H groups in total. The third kappa shape index (κ3) is 2.19. The normalized spacial score (nSPS) is 12.8. The van der Waals surface area contributed by atoms with Gasteiger partial charge in [0.2, 0.25) is 0 Å². The van der Waals surface area contributed by atoms with Gasteiger partial charge in [0.05, 0.1) is 5.02 Å². The minimum Gasteiger partial charge on any atom is -0.455 e. The van der Waals surface area contributed by atoms with Crippen LogP contribution in [0.25, 0.3) is 22.3 Å². The first-order valence-electron chi connectivity index (χ1n) is 6.29. The number of hydrogen-bond donors (Lipinski definition) is 1. The van der Waals surface area contributed by atoms with Crippen molar-refractivity contribution in [3.63, 3.8) is 0 Å². The summed E-state index contributed by atoms with van der Waals surface area (Å²) in [6.45, 7) is 1.85. The van der Waals surface area contributed by atoms with Crippen molar-refractivity contribution < 1.29 is 8.81 Å². The van der Waals surface area contributed by atoms with Gasteiger partial charge >= 0.3 is 0 Å². The number of hydrogen-bond acceptors (Lipinski definition) is 2. The number of furan rings is 1. The number of nitrogens with two attached hydrogens (primary N) is 1. The summed E-state index contributed by atoms with van der Waals surface area (Å²) in [7, 11) is 0. The summed E-state index contributed by atoms with van der Waals surface area (Å²) >= 11 is 6.10. The Morgan fingerprint density at radius 1 is 1.20 bits per heavy atom. The van der Waals surface area contributed by atoms with Crippen molar-refractivity contribution >= 4 is 22.6 Å². The fourth-order valence-corrected chi connectivity index (χ4v) is 2.52. The Bertz CT molecular complexity index is 779. The van der Waals surface area contributed by atoms with E-state index in [1.54, 1.807) is 12.1 Å². The van der Waals surface area contributed by atoms with Gasteiger partial charge in [0.15, 0.2) is 5.58 Å². The molecule has 2 aromatic carbocycles. The Labute approximate surface area is 121 Å². The van der Waals surface area contributed by atoms with Crippen LogP contribution in [0, 0.1) is 5.82 Å². The molecule has 0 spiro atoms. The lowest BCUT2D eigenvalue weighted by Crippen LogP contribution is -2.06. The van der Waals surface area contributed by atoms with Crippen LogP contribution in [0.4, 0.5) is 4.39 Å². The molecule has 0 radical (unpaired) electrons. The van der Waals surface area contributed by atoms with Crippen molar-refractivity contribution in [1.29, 1.82) is 0 Å². The second-order valence-corrected chi connectivity index (χ2v) is 5.20. The number of rotatable bonds is 2. The zero-order valence-corrected chi connectivity index (χ0v) is 11.6. The molecule has 20 heavy (non-hydrogen) atoms. The van der Waals surface area contributed by atoms with Gasteiger partial charge in [-0.3, -0.25) is 0 Å². The molecule has 0 fully saturated rings. The third-order valence-electron chi connectivity index (χ3n) is 3.27. The van der Waals surface area contributed by atoms with Crippen LogP contribution in [0.3, 0.4) is 0 Å². The summed E-state index contributed by atoms with van der Waals surface area (Å²) in [6, 6.07) is 11.7. The average Bonchev–Trinajstić information content (AvgIpc) is 2.83. The molecule has 3 rings (SSSR count). The maximum atomic E-state index is 13.5. The summed E-state index contributed by atoms with van der Waals surface area (Å²) in [5.41, 5.74) is 8.03. The molecule has 3 aromatic rings. The summed E-state index contributed by atoms with van der Waals surface area (Å²) in [5, 5.41) is 1.42. The van der Waals surface area contributed by atoms with E-state index in [4.69, 9.17) is 21.8 Å². The Morgan fingerprint density at radius 3 is 2.70 bits per heavy atom. The van der Waals surface area contributed by atoms with E-state index in [1.165, 1.54) is 12.1 Å². The molecule has 1 aromatic heterocycles. The molecule has 0 bridgehead atoms. The molecule has 1 atom stereocenters. The van der Waals surface area contributed by atoms with Gasteiger partial charge < -0.3 is 10.2 Å². The fraction of sp³-hybridized carbons (Fsp3) is 0.125. The second kappa shape index (κ2) is 4.93. The number of para-hydroxylation sites is 1. The molecular formula is C16H13ClFNO. The first-order valence-corrected chi connectivity index (χ1v) is 6.67. The molecule has 1 unspecified atom stereocenters. The topological polar surface area (TPSA) is 39.2 Å². The van der Waals surface area contributed by atoms with Crippen LogP contribution in [0.5, 0.6) is 0 Å². The van der Waals surface area contributed by atoms with Gasteiger partial charge in [0.25, 0.3) is 0 Å². The van der Waals surface area contributed by atoms with Gasteiger partial charge in [-0.25, -0.2) is 4.39 Å². The number of benzene rings is 2. The van der Waals surface area contributed by atoms with Crippen LogP contribution in [-0.4, -0.2) is 0 Å². The van der Waals surface area contributed by atoms with Gasteiger partial charge in [-0.05, 0) is 36.8 Å². The van der Waals surface area contributed by atoms with Crippen molar-refractivity contribution in [2.45, 2.75) is 13.0 Å². The summed E-state index contributed by atoms with van der Waals surface area (Å²) in [4.78, 5) is 0. The molecule has 0 aliphatic heterocycles. The van der Waals surface area contributed by atoms with Gasteiger partial charge in [0, 0.05) is 17.0 Å². The Morgan fingerprint density at radius 2 is 2.00 bits per heavy atom. The van der Waals surface area contributed by atoms with Crippen LogP contribution in [0.2, 0.25) is 5.02 Å². The molecule has 0 saturated heterocycles. The van der Waals surface area contributed by atoms with E-state index in [0.717, 1.165) is 10.9 Å². The third-order valence-corrected chi connectivity index (χ3v) is 3.57. The maximum Gasteiger partial charge on any atom is 0.153 e. The number of fused-ring (bicyclic) bond motifs is 1. The molecule has 2 nitrogen and oxygen atoms in total. The standard InChI is InChI=1S/C16H13ClFNO/c1-9(19)12-6-5-11(18)8-13(12)15-7-10-3-2-4-14(17)16(10)20-15/h2-9H,19H2,1H3. The monoisotopic (exact) mass is 289 g/mol. The second-order valence-electron chi connectivity index (χ2n) is 4.79. The summed E-state index contributed by atoms with van der Waals surface area (Å²) < 4.78 is 19.3. The van der Waals surface area contributed by atoms with Crippen molar-refractivity contribution in [2.75, 3.05) is 0 Å². The SMILES string of the molecule is CC(N)c1ccc(F)cc1-c1cc2cccc(Cl)c2o1. The van der Waals surface area contributed by atoms with Crippen LogP contribution < -0.4 is 5.73 Å². The lowest BCUT2D eigenvalue weighted by atomic mass is 10.00. The minimum absolute atomic E-state index is 0.214. The van der Waals surface area contributed by atoms with E-state index in [2.05, 4.69) is 0 Å². The van der Waals surface area contributed by atoms with Crippen LogP contribution in [0.15, 0.2) is 46.9 Å². The van der Waals surface area contributed by atoms with Crippen LogP contribution in [-0.2, 0) is 0 Å². The predicted molar refractivity (Wildman–Crippen MR) is 79.2 cm³/mol. The van der Waals surface area contributed by atoms with Gasteiger partial charge in [-0.1, -0.05) is 29.8 Å². The largest absolute Gasteiger partial charge is 0.455 e. The molecule has 0 amide bonds. The summed E-state index contributed by atoms with van der Waals surface area (Å²) in [6.07, 6.45) is 0. The summed E-state index contributed by atoms with van der Waals surface area (Å²) in [5.74, 6) is 0.246. The Balaban J connectivity index is 2.25. The first kappa shape index (κ1) is 13.2. The van der Waals surface area contributed by atoms with Gasteiger partial charge in [-0.2, -0.15) is 0 Å². The smallest absolute Gasteiger partial charge is 0.153 e. The average molecular weight is 290 g/mol. The molecular weight excluding hydrogens is 277 g/mol. The van der Waals surface area contributed by atoms with E-state index in [0.29, 0.717) is 21.9 Å². The van der Waals surface area contributed by atoms with E-state index < -0.39 is 0 Å². The molecule has 0 aliphatic carbocycles. The predicted octanol–water partition coefficient (Wildman–Crippen LogP) is 4.91. The fourth-order valence-electron chi connectivity index (χ4n) is 2.30. The van der Waals surface area contributed by atoms with Crippen molar-refractivity contribution in [3.05, 3.63) is 58.9 Å². The first-order chi connectivity index (χ1) is 9.56. The zero-order valence-electron chi connectivity index (χ0n) is 10.9. The van der Waals surface area contributed by atoms with Crippen molar-refractivity contribution in [3.8, 4) is 11.3 Å². The highest BCUT2D eigenvalue weighted by molar-refractivity contribution is 6.34. The Hall–Kier alpha value is -1.84. The number of halogens is 2. The van der Waals surface area contributed by atoms with Crippen LogP contribution in [0.1, 0.15) is 18.5 Å². The van der Waals surface area contributed by atoms with Gasteiger partial charge in [-0.15, -0.1) is 0 Å². The quantitative estimate of drug-likeness (QED) is 0.728. The van der Waals surface area contributed by atoms with E-state index in [1.807, 2.05) is 25.1 Å². The van der Waals surface area contributed by atoms with E-state index >= 15 is 0 Å². The van der Waals surface area contributed by atoms with E-state index in [-0.39, 0.29) is 11.9 Å². The molecule has 102 valence electrons. The van der Waals surface area contributed by atoms with Crippen molar-refractivity contribution in [1.82, 2.24) is 0 Å². The molecule has 0 saturated carbocycles. The van der Waals surface area contributed by atoms with Crippen molar-refractivity contribution in [2.24, 2.45) is 5.73 Å². The van der Waals surface area contributed by atoms with Crippen LogP contribution >= 0.6 is 11.6 Å².